The van der Waals surface area contributed by atoms with Crippen molar-refractivity contribution in [1.29, 1.82) is 0 Å². The summed E-state index contributed by atoms with van der Waals surface area (Å²) in [6.45, 7) is 1.78. The van der Waals surface area contributed by atoms with Crippen LogP contribution in [0.5, 0.6) is 0 Å². The summed E-state index contributed by atoms with van der Waals surface area (Å²) in [5.41, 5.74) is 8.28. The minimum absolute atomic E-state index is 0.315. The normalized spacial score (nSPS) is 11.3. The molecule has 3 rings (SSSR count). The fraction of sp³-hybridized carbons (Fsp3) is 0.118. The Morgan fingerprint density at radius 3 is 2.62 bits per heavy atom. The van der Waals surface area contributed by atoms with Gasteiger partial charge in [0, 0.05) is 18.2 Å². The number of rotatable bonds is 4. The summed E-state index contributed by atoms with van der Waals surface area (Å²) in [7, 11) is 1.64. The maximum absolute atomic E-state index is 13.1. The molecule has 0 saturated heterocycles. The Kier molecular flexibility index (Phi) is 3.99. The molecule has 3 aromatic rings. The van der Waals surface area contributed by atoms with Crippen LogP contribution in [0.1, 0.15) is 27.5 Å². The fourth-order valence-electron chi connectivity index (χ4n) is 2.36. The molecular formula is C17H15FN4O2. The van der Waals surface area contributed by atoms with E-state index in [1.54, 1.807) is 44.3 Å². The SMILES string of the molecule is Cc1onc(-c2ccc(F)cc2)c1/C=C/c1cc(C(N)=O)n(C)n1. The number of hydrogen-bond donors (Lipinski definition) is 1. The molecule has 0 unspecified atom stereocenters. The fourth-order valence-corrected chi connectivity index (χ4v) is 2.36. The third-order valence-corrected chi connectivity index (χ3v) is 3.60. The number of nitrogens with two attached hydrogens (primary N) is 1. The van der Waals surface area contributed by atoms with Gasteiger partial charge in [-0.05, 0) is 49.4 Å². The lowest BCUT2D eigenvalue weighted by Crippen LogP contribution is -2.15. The molecule has 0 aliphatic carbocycles. The number of carbonyl (C=O) groups excluding carboxylic acids is 1. The topological polar surface area (TPSA) is 86.9 Å². The minimum Gasteiger partial charge on any atom is -0.364 e. The Balaban J connectivity index is 1.96. The summed E-state index contributed by atoms with van der Waals surface area (Å²) in [6, 6.07) is 7.60. The lowest BCUT2D eigenvalue weighted by Gasteiger charge is -1.98. The van der Waals surface area contributed by atoms with Crippen molar-refractivity contribution in [2.75, 3.05) is 0 Å². The zero-order chi connectivity index (χ0) is 17.3. The zero-order valence-electron chi connectivity index (χ0n) is 13.2. The summed E-state index contributed by atoms with van der Waals surface area (Å²) in [5.74, 6) is -0.238. The highest BCUT2D eigenvalue weighted by Crippen LogP contribution is 2.27. The van der Waals surface area contributed by atoms with E-state index in [0.29, 0.717) is 22.8 Å². The van der Waals surface area contributed by atoms with Gasteiger partial charge in [-0.25, -0.2) is 4.39 Å². The molecule has 0 bridgehead atoms. The molecule has 0 radical (unpaired) electrons. The highest BCUT2D eigenvalue weighted by Gasteiger charge is 2.13. The first kappa shape index (κ1) is 15.7. The van der Waals surface area contributed by atoms with Gasteiger partial charge < -0.3 is 10.3 Å². The van der Waals surface area contributed by atoms with Crippen molar-refractivity contribution in [3.63, 3.8) is 0 Å². The number of hydrogen-bond acceptors (Lipinski definition) is 4. The van der Waals surface area contributed by atoms with Crippen LogP contribution in [0.3, 0.4) is 0 Å². The number of amides is 1. The van der Waals surface area contributed by atoms with Gasteiger partial charge in [-0.1, -0.05) is 5.16 Å². The summed E-state index contributed by atoms with van der Waals surface area (Å²) in [6.07, 6.45) is 3.52. The lowest BCUT2D eigenvalue weighted by molar-refractivity contribution is 0.0991. The van der Waals surface area contributed by atoms with Gasteiger partial charge >= 0.3 is 0 Å². The van der Waals surface area contributed by atoms with Crippen molar-refractivity contribution in [1.82, 2.24) is 14.9 Å². The average Bonchev–Trinajstić information content (AvgIpc) is 3.09. The zero-order valence-corrected chi connectivity index (χ0v) is 13.2. The highest BCUT2D eigenvalue weighted by molar-refractivity contribution is 5.92. The van der Waals surface area contributed by atoms with Gasteiger partial charge in [0.1, 0.15) is 23.0 Å². The Bertz CT molecular complexity index is 923. The Labute approximate surface area is 137 Å². The first-order valence-corrected chi connectivity index (χ1v) is 7.20. The van der Waals surface area contributed by atoms with Gasteiger partial charge in [-0.3, -0.25) is 9.48 Å². The molecule has 6 nitrogen and oxygen atoms in total. The summed E-state index contributed by atoms with van der Waals surface area (Å²) in [4.78, 5) is 11.3. The lowest BCUT2D eigenvalue weighted by atomic mass is 10.1. The van der Waals surface area contributed by atoms with Crippen molar-refractivity contribution >= 4 is 18.1 Å². The van der Waals surface area contributed by atoms with E-state index in [1.807, 2.05) is 0 Å². The third kappa shape index (κ3) is 2.96. The molecule has 0 aliphatic rings. The van der Waals surface area contributed by atoms with E-state index >= 15 is 0 Å². The molecule has 0 atom stereocenters. The molecule has 2 N–H and O–H groups in total. The molecule has 2 aromatic heterocycles. The Morgan fingerprint density at radius 2 is 2.00 bits per heavy atom. The standard InChI is InChI=1S/C17H15FN4O2/c1-10-14(8-7-13-9-15(17(19)23)22(2)20-13)16(21-24-10)11-3-5-12(18)6-4-11/h3-9H,1-2H3,(H2,19,23)/b8-7+. The van der Waals surface area contributed by atoms with Crippen LogP contribution in [-0.4, -0.2) is 20.8 Å². The molecule has 24 heavy (non-hydrogen) atoms. The Morgan fingerprint density at radius 1 is 1.29 bits per heavy atom. The number of nitrogens with zero attached hydrogens (tertiary/aromatic N) is 3. The van der Waals surface area contributed by atoms with Crippen LogP contribution >= 0.6 is 0 Å². The highest BCUT2D eigenvalue weighted by atomic mass is 19.1. The largest absolute Gasteiger partial charge is 0.364 e. The van der Waals surface area contributed by atoms with Gasteiger partial charge in [-0.15, -0.1) is 0 Å². The predicted octanol–water partition coefficient (Wildman–Crippen LogP) is 2.79. The van der Waals surface area contributed by atoms with E-state index in [4.69, 9.17) is 10.3 Å². The second kappa shape index (κ2) is 6.11. The van der Waals surface area contributed by atoms with Gasteiger partial charge in [0.2, 0.25) is 0 Å². The molecule has 122 valence electrons. The van der Waals surface area contributed by atoms with Crippen molar-refractivity contribution in [2.45, 2.75) is 6.92 Å². The summed E-state index contributed by atoms with van der Waals surface area (Å²) in [5, 5.41) is 8.23. The second-order valence-corrected chi connectivity index (χ2v) is 5.28. The van der Waals surface area contributed by atoms with Crippen LogP contribution in [0.25, 0.3) is 23.4 Å². The average molecular weight is 326 g/mol. The molecule has 0 saturated carbocycles. The van der Waals surface area contributed by atoms with E-state index in [0.717, 1.165) is 11.1 Å². The molecule has 2 heterocycles. The number of primary amides is 1. The van der Waals surface area contributed by atoms with Crippen LogP contribution < -0.4 is 5.73 Å². The second-order valence-electron chi connectivity index (χ2n) is 5.28. The molecule has 7 heteroatoms. The number of carbonyl (C=O) groups is 1. The molecule has 1 aromatic carbocycles. The maximum Gasteiger partial charge on any atom is 0.266 e. The van der Waals surface area contributed by atoms with Gasteiger partial charge in [0.25, 0.3) is 5.91 Å². The molecule has 0 fully saturated rings. The monoisotopic (exact) mass is 326 g/mol. The third-order valence-electron chi connectivity index (χ3n) is 3.60. The van der Waals surface area contributed by atoms with Gasteiger partial charge in [0.05, 0.1) is 5.69 Å². The molecule has 1 amide bonds. The maximum atomic E-state index is 13.1. The van der Waals surface area contributed by atoms with Crippen molar-refractivity contribution in [2.24, 2.45) is 12.8 Å². The quantitative estimate of drug-likeness (QED) is 0.798. The van der Waals surface area contributed by atoms with Crippen LogP contribution in [0.2, 0.25) is 0 Å². The van der Waals surface area contributed by atoms with Crippen molar-refractivity contribution in [3.8, 4) is 11.3 Å². The first-order chi connectivity index (χ1) is 11.5. The van der Waals surface area contributed by atoms with Gasteiger partial charge in [0.15, 0.2) is 0 Å². The van der Waals surface area contributed by atoms with Crippen molar-refractivity contribution < 1.29 is 13.7 Å². The smallest absolute Gasteiger partial charge is 0.266 e. The van der Waals surface area contributed by atoms with E-state index in [1.165, 1.54) is 16.8 Å². The van der Waals surface area contributed by atoms with Crippen LogP contribution in [0.15, 0.2) is 34.9 Å². The van der Waals surface area contributed by atoms with Gasteiger partial charge in [-0.2, -0.15) is 5.10 Å². The van der Waals surface area contributed by atoms with Crippen molar-refractivity contribution in [3.05, 3.63) is 58.9 Å². The molecule has 0 spiro atoms. The molecular weight excluding hydrogens is 311 g/mol. The van der Waals surface area contributed by atoms with Crippen LogP contribution in [0.4, 0.5) is 4.39 Å². The number of benzene rings is 1. The first-order valence-electron chi connectivity index (χ1n) is 7.20. The molecule has 0 aliphatic heterocycles. The number of halogens is 1. The van der Waals surface area contributed by atoms with E-state index in [-0.39, 0.29) is 5.82 Å². The number of aromatic nitrogens is 3. The number of aryl methyl sites for hydroxylation is 2. The minimum atomic E-state index is -0.544. The van der Waals surface area contributed by atoms with Crippen LogP contribution in [-0.2, 0) is 7.05 Å². The van der Waals surface area contributed by atoms with E-state index < -0.39 is 5.91 Å². The van der Waals surface area contributed by atoms with E-state index in [9.17, 15) is 9.18 Å². The predicted molar refractivity (Wildman–Crippen MR) is 87.3 cm³/mol. The summed E-state index contributed by atoms with van der Waals surface area (Å²) >= 11 is 0. The Hall–Kier alpha value is -3.22. The summed E-state index contributed by atoms with van der Waals surface area (Å²) < 4.78 is 19.7. The van der Waals surface area contributed by atoms with E-state index in [2.05, 4.69) is 10.3 Å². The van der Waals surface area contributed by atoms with Crippen LogP contribution in [0, 0.1) is 12.7 Å².